The number of rotatable bonds is 5. The lowest BCUT2D eigenvalue weighted by Crippen LogP contribution is -2.24. The maximum Gasteiger partial charge on any atom is 0.261 e. The van der Waals surface area contributed by atoms with Crippen molar-refractivity contribution in [3.63, 3.8) is 0 Å². The molecule has 0 aliphatic rings. The van der Waals surface area contributed by atoms with Crippen molar-refractivity contribution >= 4 is 17.2 Å². The smallest absolute Gasteiger partial charge is 0.261 e. The second-order valence-corrected chi connectivity index (χ2v) is 5.23. The van der Waals surface area contributed by atoms with Crippen molar-refractivity contribution < 1.29 is 9.53 Å². The molecule has 0 aliphatic carbocycles. The summed E-state index contributed by atoms with van der Waals surface area (Å²) >= 11 is 1.46. The molecule has 2 rings (SSSR count). The highest BCUT2D eigenvalue weighted by Gasteiger charge is 2.05. The standard InChI is InChI=1S/C15H17NO2S/c1-11-10-12(5-6-13(11)18-2)7-8-16-15(17)14-4-3-9-19-14/h3-6,9-10H,7-8H2,1-2H3,(H,16,17). The molecule has 1 heterocycles. The minimum atomic E-state index is 0.000216. The van der Waals surface area contributed by atoms with E-state index in [9.17, 15) is 4.79 Å². The summed E-state index contributed by atoms with van der Waals surface area (Å²) in [7, 11) is 1.67. The maximum atomic E-state index is 11.7. The summed E-state index contributed by atoms with van der Waals surface area (Å²) in [6.45, 7) is 2.66. The molecule has 2 aromatic rings. The van der Waals surface area contributed by atoms with Gasteiger partial charge in [-0.05, 0) is 42.0 Å². The molecular weight excluding hydrogens is 258 g/mol. The first-order chi connectivity index (χ1) is 9.20. The molecule has 0 bridgehead atoms. The lowest BCUT2D eigenvalue weighted by Gasteiger charge is -2.08. The fraction of sp³-hybridized carbons (Fsp3) is 0.267. The van der Waals surface area contributed by atoms with E-state index in [1.54, 1.807) is 7.11 Å². The van der Waals surface area contributed by atoms with E-state index in [0.717, 1.165) is 22.6 Å². The SMILES string of the molecule is COc1ccc(CCNC(=O)c2cccs2)cc1C. The molecule has 0 aliphatic heterocycles. The van der Waals surface area contributed by atoms with Crippen molar-refractivity contribution in [2.45, 2.75) is 13.3 Å². The molecule has 1 aromatic carbocycles. The van der Waals surface area contributed by atoms with Crippen LogP contribution in [0.4, 0.5) is 0 Å². The largest absolute Gasteiger partial charge is 0.496 e. The van der Waals surface area contributed by atoms with Gasteiger partial charge in [-0.15, -0.1) is 11.3 Å². The van der Waals surface area contributed by atoms with Crippen LogP contribution in [0.3, 0.4) is 0 Å². The number of aryl methyl sites for hydroxylation is 1. The van der Waals surface area contributed by atoms with Gasteiger partial charge in [0.05, 0.1) is 12.0 Å². The van der Waals surface area contributed by atoms with Gasteiger partial charge >= 0.3 is 0 Å². The monoisotopic (exact) mass is 275 g/mol. The molecule has 0 saturated carbocycles. The number of hydrogen-bond acceptors (Lipinski definition) is 3. The Morgan fingerprint density at radius 1 is 1.37 bits per heavy atom. The van der Waals surface area contributed by atoms with Gasteiger partial charge in [-0.2, -0.15) is 0 Å². The zero-order valence-corrected chi connectivity index (χ0v) is 11.9. The number of nitrogens with one attached hydrogen (secondary N) is 1. The summed E-state index contributed by atoms with van der Waals surface area (Å²) in [6, 6.07) is 9.80. The zero-order chi connectivity index (χ0) is 13.7. The Labute approximate surface area is 117 Å². The van der Waals surface area contributed by atoms with Crippen LogP contribution in [0.5, 0.6) is 5.75 Å². The van der Waals surface area contributed by atoms with Crippen molar-refractivity contribution in [2.75, 3.05) is 13.7 Å². The summed E-state index contributed by atoms with van der Waals surface area (Å²) in [5.41, 5.74) is 2.31. The molecule has 0 atom stereocenters. The molecule has 4 heteroatoms. The lowest BCUT2D eigenvalue weighted by molar-refractivity contribution is 0.0958. The highest BCUT2D eigenvalue weighted by molar-refractivity contribution is 7.12. The Morgan fingerprint density at radius 2 is 2.21 bits per heavy atom. The van der Waals surface area contributed by atoms with Gasteiger partial charge in [0.2, 0.25) is 0 Å². The Kier molecular flexibility index (Phi) is 4.58. The van der Waals surface area contributed by atoms with Crippen molar-refractivity contribution in [1.29, 1.82) is 0 Å². The first kappa shape index (κ1) is 13.6. The van der Waals surface area contributed by atoms with Gasteiger partial charge in [0.15, 0.2) is 0 Å². The summed E-state index contributed by atoms with van der Waals surface area (Å²) < 4.78 is 5.22. The van der Waals surface area contributed by atoms with E-state index in [0.29, 0.717) is 6.54 Å². The molecule has 0 unspecified atom stereocenters. The van der Waals surface area contributed by atoms with Crippen LogP contribution in [0.1, 0.15) is 20.8 Å². The highest BCUT2D eigenvalue weighted by Crippen LogP contribution is 2.18. The third-order valence-corrected chi connectivity index (χ3v) is 3.77. The van der Waals surface area contributed by atoms with Crippen LogP contribution in [0.25, 0.3) is 0 Å². The van der Waals surface area contributed by atoms with Crippen molar-refractivity contribution in [3.05, 3.63) is 51.7 Å². The first-order valence-corrected chi connectivity index (χ1v) is 7.04. The summed E-state index contributed by atoms with van der Waals surface area (Å²) in [5, 5.41) is 4.83. The predicted octanol–water partition coefficient (Wildman–Crippen LogP) is 3.04. The molecule has 0 spiro atoms. The van der Waals surface area contributed by atoms with Crippen LogP contribution in [-0.2, 0) is 6.42 Å². The lowest BCUT2D eigenvalue weighted by atomic mass is 10.1. The summed E-state index contributed by atoms with van der Waals surface area (Å²) in [4.78, 5) is 12.5. The molecule has 0 fully saturated rings. The number of hydrogen-bond donors (Lipinski definition) is 1. The third kappa shape index (κ3) is 3.58. The van der Waals surface area contributed by atoms with Gasteiger partial charge in [-0.25, -0.2) is 0 Å². The Morgan fingerprint density at radius 3 is 2.84 bits per heavy atom. The topological polar surface area (TPSA) is 38.3 Å². The second kappa shape index (κ2) is 6.38. The van der Waals surface area contributed by atoms with Gasteiger partial charge in [-0.1, -0.05) is 18.2 Å². The van der Waals surface area contributed by atoms with Crippen LogP contribution < -0.4 is 10.1 Å². The van der Waals surface area contributed by atoms with Crippen molar-refractivity contribution in [3.8, 4) is 5.75 Å². The van der Waals surface area contributed by atoms with Gasteiger partial charge in [0, 0.05) is 6.54 Å². The fourth-order valence-corrected chi connectivity index (χ4v) is 2.55. The van der Waals surface area contributed by atoms with Gasteiger partial charge in [0.1, 0.15) is 5.75 Å². The molecule has 1 aromatic heterocycles. The van der Waals surface area contributed by atoms with Crippen molar-refractivity contribution in [2.24, 2.45) is 0 Å². The molecule has 0 radical (unpaired) electrons. The molecule has 1 N–H and O–H groups in total. The average molecular weight is 275 g/mol. The van der Waals surface area contributed by atoms with E-state index < -0.39 is 0 Å². The number of benzene rings is 1. The van der Waals surface area contributed by atoms with E-state index in [-0.39, 0.29) is 5.91 Å². The Bertz CT molecular complexity index is 549. The van der Waals surface area contributed by atoms with Gasteiger partial charge < -0.3 is 10.1 Å². The Balaban J connectivity index is 1.86. The molecule has 19 heavy (non-hydrogen) atoms. The molecule has 100 valence electrons. The second-order valence-electron chi connectivity index (χ2n) is 4.29. The average Bonchev–Trinajstić information content (AvgIpc) is 2.93. The number of amides is 1. The maximum absolute atomic E-state index is 11.7. The first-order valence-electron chi connectivity index (χ1n) is 6.16. The van der Waals surface area contributed by atoms with Gasteiger partial charge in [0.25, 0.3) is 5.91 Å². The minimum Gasteiger partial charge on any atom is -0.496 e. The number of thiophene rings is 1. The summed E-state index contributed by atoms with van der Waals surface area (Å²) in [5.74, 6) is 0.895. The van der Waals surface area contributed by atoms with E-state index in [2.05, 4.69) is 11.4 Å². The fourth-order valence-electron chi connectivity index (χ4n) is 1.91. The minimum absolute atomic E-state index is 0.000216. The van der Waals surface area contributed by atoms with Crippen LogP contribution in [0.15, 0.2) is 35.7 Å². The molecule has 0 saturated heterocycles. The number of carbonyl (C=O) groups excluding carboxylic acids is 1. The quantitative estimate of drug-likeness (QED) is 0.911. The predicted molar refractivity (Wildman–Crippen MR) is 78.1 cm³/mol. The van der Waals surface area contributed by atoms with Crippen molar-refractivity contribution in [1.82, 2.24) is 5.32 Å². The molecule has 1 amide bonds. The number of carbonyl (C=O) groups is 1. The van der Waals surface area contributed by atoms with Gasteiger partial charge in [-0.3, -0.25) is 4.79 Å². The number of ether oxygens (including phenoxy) is 1. The Hall–Kier alpha value is -1.81. The summed E-state index contributed by atoms with van der Waals surface area (Å²) in [6.07, 6.45) is 0.821. The van der Waals surface area contributed by atoms with Crippen LogP contribution in [-0.4, -0.2) is 19.6 Å². The van der Waals surface area contributed by atoms with E-state index >= 15 is 0 Å². The van der Waals surface area contributed by atoms with E-state index in [1.807, 2.05) is 36.6 Å². The van der Waals surface area contributed by atoms with Crippen LogP contribution >= 0.6 is 11.3 Å². The third-order valence-electron chi connectivity index (χ3n) is 2.90. The normalized spacial score (nSPS) is 10.2. The number of methoxy groups -OCH3 is 1. The van der Waals surface area contributed by atoms with Crippen LogP contribution in [0, 0.1) is 6.92 Å². The molecular formula is C15H17NO2S. The van der Waals surface area contributed by atoms with E-state index in [4.69, 9.17) is 4.74 Å². The highest BCUT2D eigenvalue weighted by atomic mass is 32.1. The van der Waals surface area contributed by atoms with Crippen LogP contribution in [0.2, 0.25) is 0 Å². The molecule has 3 nitrogen and oxygen atoms in total. The zero-order valence-electron chi connectivity index (χ0n) is 11.1. The van der Waals surface area contributed by atoms with E-state index in [1.165, 1.54) is 16.9 Å².